The zero-order valence-corrected chi connectivity index (χ0v) is 13.1. The lowest BCUT2D eigenvalue weighted by Gasteiger charge is -2.03. The van der Waals surface area contributed by atoms with Crippen LogP contribution in [0.5, 0.6) is 0 Å². The van der Waals surface area contributed by atoms with E-state index in [0.29, 0.717) is 21.6 Å². The van der Waals surface area contributed by atoms with Crippen molar-refractivity contribution < 1.29 is 4.79 Å². The van der Waals surface area contributed by atoms with Gasteiger partial charge in [0.2, 0.25) is 0 Å². The molecule has 0 aliphatic heterocycles. The molecule has 0 bridgehead atoms. The van der Waals surface area contributed by atoms with Gasteiger partial charge in [0, 0.05) is 16.5 Å². The van der Waals surface area contributed by atoms with Gasteiger partial charge in [0.1, 0.15) is 0 Å². The first-order valence-electron chi connectivity index (χ1n) is 6.18. The number of anilines is 1. The fourth-order valence-electron chi connectivity index (χ4n) is 1.92. The first-order chi connectivity index (χ1) is 10.2. The zero-order valence-electron chi connectivity index (χ0n) is 10.8. The maximum atomic E-state index is 12.2. The van der Waals surface area contributed by atoms with Crippen LogP contribution in [0.2, 0.25) is 5.02 Å². The number of nitrogens with one attached hydrogen (secondary N) is 1. The van der Waals surface area contributed by atoms with E-state index >= 15 is 0 Å². The van der Waals surface area contributed by atoms with Gasteiger partial charge in [-0.1, -0.05) is 35.1 Å². The van der Waals surface area contributed by atoms with E-state index in [9.17, 15) is 4.79 Å². The van der Waals surface area contributed by atoms with Crippen molar-refractivity contribution >= 4 is 55.8 Å². The van der Waals surface area contributed by atoms with Crippen molar-refractivity contribution in [2.75, 3.05) is 5.32 Å². The summed E-state index contributed by atoms with van der Waals surface area (Å²) in [5, 5.41) is 4.00. The molecule has 3 rings (SSSR count). The summed E-state index contributed by atoms with van der Waals surface area (Å²) < 4.78 is 0.937. The van der Waals surface area contributed by atoms with E-state index in [2.05, 4.69) is 10.3 Å². The van der Waals surface area contributed by atoms with Crippen LogP contribution in [0.3, 0.4) is 0 Å². The van der Waals surface area contributed by atoms with Crippen LogP contribution in [0.15, 0.2) is 42.5 Å². The molecule has 0 unspecified atom stereocenters. The summed E-state index contributed by atoms with van der Waals surface area (Å²) in [5.74, 6) is 0.174. The van der Waals surface area contributed by atoms with Crippen molar-refractivity contribution in [3.63, 3.8) is 0 Å². The monoisotopic (exact) mass is 336 g/mol. The highest BCUT2D eigenvalue weighted by Crippen LogP contribution is 2.28. The van der Waals surface area contributed by atoms with Crippen LogP contribution in [0, 0.1) is 0 Å². The summed E-state index contributed by atoms with van der Waals surface area (Å²) in [5.41, 5.74) is 2.28. The highest BCUT2D eigenvalue weighted by atomic mass is 35.5. The van der Waals surface area contributed by atoms with Crippen molar-refractivity contribution in [3.8, 4) is 0 Å². The van der Waals surface area contributed by atoms with Gasteiger partial charge in [-0.3, -0.25) is 10.1 Å². The summed E-state index contributed by atoms with van der Waals surface area (Å²) in [7, 11) is 0. The Bertz CT molecular complexity index is 816. The first kappa shape index (κ1) is 14.3. The molecule has 0 atom stereocenters. The Morgan fingerprint density at radius 2 is 2.10 bits per heavy atom. The summed E-state index contributed by atoms with van der Waals surface area (Å²) in [6, 6.07) is 12.6. The van der Waals surface area contributed by atoms with E-state index in [1.807, 2.05) is 24.3 Å². The van der Waals surface area contributed by atoms with Gasteiger partial charge in [0.25, 0.3) is 5.91 Å². The Kier molecular flexibility index (Phi) is 4.10. The second kappa shape index (κ2) is 6.02. The largest absolute Gasteiger partial charge is 0.298 e. The third-order valence-electron chi connectivity index (χ3n) is 2.91. The van der Waals surface area contributed by atoms with Crippen LogP contribution in [-0.2, 0) is 5.88 Å². The Hall–Kier alpha value is -1.62. The van der Waals surface area contributed by atoms with Gasteiger partial charge in [0.15, 0.2) is 5.13 Å². The van der Waals surface area contributed by atoms with Crippen LogP contribution in [0.1, 0.15) is 15.9 Å². The standard InChI is InChI=1S/C15H10Cl2N2OS/c16-8-9-2-1-3-10(6-9)14(20)19-15-18-12-5-4-11(17)7-13(12)21-15/h1-7H,8H2,(H,18,19,20). The summed E-state index contributed by atoms with van der Waals surface area (Å²) in [6.45, 7) is 0. The van der Waals surface area contributed by atoms with Gasteiger partial charge >= 0.3 is 0 Å². The number of aromatic nitrogens is 1. The maximum Gasteiger partial charge on any atom is 0.257 e. The minimum absolute atomic E-state index is 0.202. The Balaban J connectivity index is 1.85. The molecule has 6 heteroatoms. The number of fused-ring (bicyclic) bond motifs is 1. The van der Waals surface area contributed by atoms with E-state index in [1.165, 1.54) is 11.3 Å². The minimum atomic E-state index is -0.202. The van der Waals surface area contributed by atoms with E-state index in [4.69, 9.17) is 23.2 Å². The molecule has 0 aliphatic carbocycles. The number of alkyl halides is 1. The van der Waals surface area contributed by atoms with Crippen LogP contribution >= 0.6 is 34.5 Å². The molecule has 1 amide bonds. The fraction of sp³-hybridized carbons (Fsp3) is 0.0667. The van der Waals surface area contributed by atoms with Crippen molar-refractivity contribution in [1.29, 1.82) is 0 Å². The Labute approximate surface area is 135 Å². The van der Waals surface area contributed by atoms with Gasteiger partial charge in [-0.15, -0.1) is 11.6 Å². The normalized spacial score (nSPS) is 10.8. The van der Waals surface area contributed by atoms with Crippen molar-refractivity contribution in [1.82, 2.24) is 4.98 Å². The van der Waals surface area contributed by atoms with Crippen LogP contribution in [0.4, 0.5) is 5.13 Å². The van der Waals surface area contributed by atoms with Crippen molar-refractivity contribution in [2.24, 2.45) is 0 Å². The highest BCUT2D eigenvalue weighted by Gasteiger charge is 2.10. The van der Waals surface area contributed by atoms with E-state index in [-0.39, 0.29) is 5.91 Å². The molecular weight excluding hydrogens is 327 g/mol. The summed E-state index contributed by atoms with van der Waals surface area (Å²) >= 11 is 13.1. The number of benzene rings is 2. The maximum absolute atomic E-state index is 12.2. The fourth-order valence-corrected chi connectivity index (χ4v) is 3.22. The molecule has 3 nitrogen and oxygen atoms in total. The molecular formula is C15H10Cl2N2OS. The van der Waals surface area contributed by atoms with Crippen molar-refractivity contribution in [2.45, 2.75) is 5.88 Å². The van der Waals surface area contributed by atoms with Crippen LogP contribution < -0.4 is 5.32 Å². The second-order valence-electron chi connectivity index (χ2n) is 4.42. The van der Waals surface area contributed by atoms with Crippen LogP contribution in [0.25, 0.3) is 10.2 Å². The number of hydrogen-bond acceptors (Lipinski definition) is 3. The molecule has 0 radical (unpaired) electrons. The molecule has 21 heavy (non-hydrogen) atoms. The molecule has 0 spiro atoms. The highest BCUT2D eigenvalue weighted by molar-refractivity contribution is 7.22. The van der Waals surface area contributed by atoms with Gasteiger partial charge in [-0.2, -0.15) is 0 Å². The number of amides is 1. The predicted molar refractivity (Wildman–Crippen MR) is 88.6 cm³/mol. The van der Waals surface area contributed by atoms with E-state index in [0.717, 1.165) is 15.8 Å². The molecule has 0 saturated heterocycles. The molecule has 1 aromatic heterocycles. The second-order valence-corrected chi connectivity index (χ2v) is 6.15. The van der Waals surface area contributed by atoms with Gasteiger partial charge in [0.05, 0.1) is 10.2 Å². The molecule has 0 fully saturated rings. The third-order valence-corrected chi connectivity index (χ3v) is 4.39. The Morgan fingerprint density at radius 3 is 2.90 bits per heavy atom. The lowest BCUT2D eigenvalue weighted by atomic mass is 10.1. The Morgan fingerprint density at radius 1 is 1.24 bits per heavy atom. The smallest absolute Gasteiger partial charge is 0.257 e. The van der Waals surface area contributed by atoms with Crippen molar-refractivity contribution in [3.05, 3.63) is 58.6 Å². The molecule has 0 aliphatic rings. The average Bonchev–Trinajstić information content (AvgIpc) is 2.88. The summed E-state index contributed by atoms with van der Waals surface area (Å²) in [6.07, 6.45) is 0. The van der Waals surface area contributed by atoms with Gasteiger partial charge < -0.3 is 0 Å². The topological polar surface area (TPSA) is 42.0 Å². The summed E-state index contributed by atoms with van der Waals surface area (Å²) in [4.78, 5) is 16.6. The minimum Gasteiger partial charge on any atom is -0.298 e. The van der Waals surface area contributed by atoms with Crippen LogP contribution in [-0.4, -0.2) is 10.9 Å². The quantitative estimate of drug-likeness (QED) is 0.688. The van der Waals surface area contributed by atoms with Gasteiger partial charge in [-0.05, 0) is 35.9 Å². The SMILES string of the molecule is O=C(Nc1nc2ccc(Cl)cc2s1)c1cccc(CCl)c1. The molecule has 106 valence electrons. The molecule has 1 heterocycles. The number of hydrogen-bond donors (Lipinski definition) is 1. The molecule has 2 aromatic carbocycles. The molecule has 3 aromatic rings. The number of carbonyl (C=O) groups excluding carboxylic acids is 1. The number of thiazole rings is 1. The van der Waals surface area contributed by atoms with E-state index in [1.54, 1.807) is 18.2 Å². The number of halogens is 2. The average molecular weight is 337 g/mol. The predicted octanol–water partition coefficient (Wildman–Crippen LogP) is 4.94. The van der Waals surface area contributed by atoms with E-state index < -0.39 is 0 Å². The number of carbonyl (C=O) groups is 1. The molecule has 1 N–H and O–H groups in total. The van der Waals surface area contributed by atoms with Gasteiger partial charge in [-0.25, -0.2) is 4.98 Å². The molecule has 0 saturated carbocycles. The first-order valence-corrected chi connectivity index (χ1v) is 7.91. The lowest BCUT2D eigenvalue weighted by Crippen LogP contribution is -2.11. The number of nitrogens with zero attached hydrogens (tertiary/aromatic N) is 1. The number of rotatable bonds is 3. The third kappa shape index (κ3) is 3.18. The zero-order chi connectivity index (χ0) is 14.8. The lowest BCUT2D eigenvalue weighted by molar-refractivity contribution is 0.102.